The van der Waals surface area contributed by atoms with Crippen molar-refractivity contribution in [3.8, 4) is 0 Å². The van der Waals surface area contributed by atoms with Crippen LogP contribution in [0.2, 0.25) is 0 Å². The molecular formula is C20H30O3. The van der Waals surface area contributed by atoms with Crippen molar-refractivity contribution < 1.29 is 14.7 Å². The van der Waals surface area contributed by atoms with Gasteiger partial charge in [-0.2, -0.15) is 0 Å². The quantitative estimate of drug-likeness (QED) is 0.733. The van der Waals surface area contributed by atoms with E-state index in [-0.39, 0.29) is 17.1 Å². The van der Waals surface area contributed by atoms with Crippen molar-refractivity contribution in [3.05, 3.63) is 0 Å². The number of rotatable bonds is 1. The zero-order chi connectivity index (χ0) is 16.6. The largest absolute Gasteiger partial charge is 0.480 e. The highest BCUT2D eigenvalue weighted by atomic mass is 16.4. The van der Waals surface area contributed by atoms with E-state index >= 15 is 0 Å². The summed E-state index contributed by atoms with van der Waals surface area (Å²) < 4.78 is 0. The molecule has 0 heterocycles. The minimum absolute atomic E-state index is 0.0248. The van der Waals surface area contributed by atoms with Crippen LogP contribution in [-0.2, 0) is 9.59 Å². The number of ketones is 1. The van der Waals surface area contributed by atoms with Crippen molar-refractivity contribution in [1.29, 1.82) is 0 Å². The van der Waals surface area contributed by atoms with Gasteiger partial charge in [-0.05, 0) is 86.4 Å². The summed E-state index contributed by atoms with van der Waals surface area (Å²) in [5, 5.41) is 9.87. The maximum absolute atomic E-state index is 12.5. The molecule has 0 amide bonds. The zero-order valence-corrected chi connectivity index (χ0v) is 14.7. The molecule has 2 bridgehead atoms. The normalized spacial score (nSPS) is 55.2. The van der Waals surface area contributed by atoms with E-state index in [0.29, 0.717) is 17.8 Å². The van der Waals surface area contributed by atoms with Crippen molar-refractivity contribution in [1.82, 2.24) is 0 Å². The minimum Gasteiger partial charge on any atom is -0.480 e. The van der Waals surface area contributed by atoms with Crippen LogP contribution in [0.5, 0.6) is 0 Å². The molecule has 0 aromatic heterocycles. The predicted molar refractivity (Wildman–Crippen MR) is 87.9 cm³/mol. The second kappa shape index (κ2) is 4.61. The zero-order valence-electron chi connectivity index (χ0n) is 14.7. The van der Waals surface area contributed by atoms with Gasteiger partial charge < -0.3 is 5.11 Å². The summed E-state index contributed by atoms with van der Waals surface area (Å²) in [6.07, 6.45) is 8.71. The van der Waals surface area contributed by atoms with Crippen LogP contribution in [0.4, 0.5) is 0 Å². The van der Waals surface area contributed by atoms with E-state index < -0.39 is 11.4 Å². The Morgan fingerprint density at radius 3 is 2.52 bits per heavy atom. The van der Waals surface area contributed by atoms with Crippen LogP contribution < -0.4 is 0 Å². The lowest BCUT2D eigenvalue weighted by Crippen LogP contribution is -2.61. The van der Waals surface area contributed by atoms with Gasteiger partial charge in [0.2, 0.25) is 0 Å². The highest BCUT2D eigenvalue weighted by Crippen LogP contribution is 2.71. The van der Waals surface area contributed by atoms with Crippen LogP contribution in [0.15, 0.2) is 0 Å². The van der Waals surface area contributed by atoms with Crippen LogP contribution in [0, 0.1) is 39.9 Å². The van der Waals surface area contributed by atoms with Gasteiger partial charge in [0, 0.05) is 6.42 Å². The maximum Gasteiger partial charge on any atom is 0.317 e. The van der Waals surface area contributed by atoms with Crippen LogP contribution >= 0.6 is 0 Å². The number of aliphatic carboxylic acids is 1. The second-order valence-corrected chi connectivity index (χ2v) is 9.67. The summed E-state index contributed by atoms with van der Waals surface area (Å²) in [5.74, 6) is 1.46. The third kappa shape index (κ3) is 1.77. The maximum atomic E-state index is 12.5. The molecule has 23 heavy (non-hydrogen) atoms. The molecule has 0 aliphatic heterocycles. The Labute approximate surface area is 139 Å². The fourth-order valence-corrected chi connectivity index (χ4v) is 7.79. The average molecular weight is 318 g/mol. The van der Waals surface area contributed by atoms with Gasteiger partial charge in [-0.1, -0.05) is 13.8 Å². The van der Waals surface area contributed by atoms with Gasteiger partial charge in [-0.25, -0.2) is 0 Å². The first kappa shape index (κ1) is 15.7. The van der Waals surface area contributed by atoms with Gasteiger partial charge >= 0.3 is 5.97 Å². The molecule has 128 valence electrons. The molecule has 0 aromatic rings. The molecule has 0 radical (unpaired) electrons. The number of hydrogen-bond acceptors (Lipinski definition) is 2. The SMILES string of the molecule is C[C@@H]1C[C@]23CC[C@H]4C(C)(C(=O)O)C(=O)CC[C@]4(C)[C@H]2CC[C@@H]1C3. The highest BCUT2D eigenvalue weighted by Gasteiger charge is 2.67. The Hall–Kier alpha value is -0.860. The standard InChI is InChI=1S/C20H30O3/c1-12-10-20-9-6-14-18(2,15(20)5-4-13(12)11-20)8-7-16(21)19(14,3)17(22)23/h12-15H,4-11H2,1-3H3,(H,22,23)/t12-,13-,14-,15-,18+,19?,20+/m1/s1. The number of carbonyl (C=O) groups is 2. The average Bonchev–Trinajstić information content (AvgIpc) is 2.73. The molecule has 3 heteroatoms. The first-order valence-electron chi connectivity index (χ1n) is 9.51. The Morgan fingerprint density at radius 2 is 1.83 bits per heavy atom. The molecule has 0 saturated heterocycles. The number of hydrogen-bond donors (Lipinski definition) is 1. The molecule has 4 saturated carbocycles. The molecular weight excluding hydrogens is 288 g/mol. The van der Waals surface area contributed by atoms with Crippen LogP contribution in [0.3, 0.4) is 0 Å². The van der Waals surface area contributed by atoms with Gasteiger partial charge in [0.1, 0.15) is 11.2 Å². The number of carbonyl (C=O) groups excluding carboxylic acids is 1. The summed E-state index contributed by atoms with van der Waals surface area (Å²) in [4.78, 5) is 24.6. The van der Waals surface area contributed by atoms with Crippen LogP contribution in [0.1, 0.15) is 72.1 Å². The van der Waals surface area contributed by atoms with E-state index in [2.05, 4.69) is 13.8 Å². The molecule has 4 fully saturated rings. The number of fused-ring (bicyclic) bond motifs is 3. The monoisotopic (exact) mass is 318 g/mol. The molecule has 4 aliphatic carbocycles. The lowest BCUT2D eigenvalue weighted by atomic mass is 9.40. The number of carboxylic acid groups (broad SMARTS) is 1. The van der Waals surface area contributed by atoms with Crippen molar-refractivity contribution in [2.24, 2.45) is 39.9 Å². The van der Waals surface area contributed by atoms with E-state index in [1.165, 1.54) is 25.7 Å². The van der Waals surface area contributed by atoms with E-state index in [1.54, 1.807) is 6.92 Å². The predicted octanol–water partition coefficient (Wildman–Crippen LogP) is 4.30. The van der Waals surface area contributed by atoms with Gasteiger partial charge in [-0.3, -0.25) is 9.59 Å². The Balaban J connectivity index is 1.76. The summed E-state index contributed by atoms with van der Waals surface area (Å²) in [6, 6.07) is 0. The van der Waals surface area contributed by atoms with Crippen LogP contribution in [-0.4, -0.2) is 16.9 Å². The summed E-state index contributed by atoms with van der Waals surface area (Å²) in [5.41, 5.74) is -0.669. The summed E-state index contributed by atoms with van der Waals surface area (Å²) in [6.45, 7) is 6.48. The van der Waals surface area contributed by atoms with E-state index in [9.17, 15) is 14.7 Å². The summed E-state index contributed by atoms with van der Waals surface area (Å²) in [7, 11) is 0. The first-order chi connectivity index (χ1) is 10.7. The third-order valence-corrected chi connectivity index (χ3v) is 8.90. The topological polar surface area (TPSA) is 54.4 Å². The van der Waals surface area contributed by atoms with E-state index in [4.69, 9.17) is 0 Å². The van der Waals surface area contributed by atoms with Crippen molar-refractivity contribution >= 4 is 11.8 Å². The lowest BCUT2D eigenvalue weighted by Gasteiger charge is -2.62. The lowest BCUT2D eigenvalue weighted by molar-refractivity contribution is -0.184. The van der Waals surface area contributed by atoms with Crippen LogP contribution in [0.25, 0.3) is 0 Å². The Bertz CT molecular complexity index is 565. The number of carboxylic acids is 1. The highest BCUT2D eigenvalue weighted by molar-refractivity contribution is 6.03. The molecule has 3 nitrogen and oxygen atoms in total. The third-order valence-electron chi connectivity index (χ3n) is 8.90. The Morgan fingerprint density at radius 1 is 1.09 bits per heavy atom. The van der Waals surface area contributed by atoms with Crippen molar-refractivity contribution in [2.45, 2.75) is 72.1 Å². The van der Waals surface area contributed by atoms with Gasteiger partial charge in [0.25, 0.3) is 0 Å². The van der Waals surface area contributed by atoms with Gasteiger partial charge in [-0.15, -0.1) is 0 Å². The molecule has 1 unspecified atom stereocenters. The minimum atomic E-state index is -1.16. The van der Waals surface area contributed by atoms with E-state index in [1.807, 2.05) is 0 Å². The Kier molecular flexibility index (Phi) is 3.14. The van der Waals surface area contributed by atoms with Crippen molar-refractivity contribution in [2.75, 3.05) is 0 Å². The summed E-state index contributed by atoms with van der Waals surface area (Å²) >= 11 is 0. The molecule has 4 aliphatic rings. The molecule has 1 N–H and O–H groups in total. The fraction of sp³-hybridized carbons (Fsp3) is 0.900. The second-order valence-electron chi connectivity index (χ2n) is 9.67. The molecule has 1 spiro atoms. The van der Waals surface area contributed by atoms with Crippen molar-refractivity contribution in [3.63, 3.8) is 0 Å². The molecule has 4 rings (SSSR count). The molecule has 0 aromatic carbocycles. The fourth-order valence-electron chi connectivity index (χ4n) is 7.79. The smallest absolute Gasteiger partial charge is 0.317 e. The van der Waals surface area contributed by atoms with E-state index in [0.717, 1.165) is 31.1 Å². The molecule has 7 atom stereocenters. The first-order valence-corrected chi connectivity index (χ1v) is 9.51. The van der Waals surface area contributed by atoms with Gasteiger partial charge in [0.15, 0.2) is 0 Å². The number of Topliss-reactive ketones (excluding diaryl/α,β-unsaturated/α-hetero) is 1. The van der Waals surface area contributed by atoms with Gasteiger partial charge in [0.05, 0.1) is 0 Å².